The van der Waals surface area contributed by atoms with Crippen LogP contribution in [0.25, 0.3) is 0 Å². The van der Waals surface area contributed by atoms with Crippen LogP contribution in [0.15, 0.2) is 12.3 Å². The number of rotatable bonds is 0. The van der Waals surface area contributed by atoms with Gasteiger partial charge in [-0.2, -0.15) is 0 Å². The molecule has 0 unspecified atom stereocenters. The quantitative estimate of drug-likeness (QED) is 0.567. The molecule has 0 radical (unpaired) electrons. The maximum Gasteiger partial charge on any atom is 0.137 e. The van der Waals surface area contributed by atoms with Crippen molar-refractivity contribution in [3.05, 3.63) is 23.5 Å². The molecule has 1 aliphatic carbocycles. The molecule has 1 N–H and O–H groups in total. The van der Waals surface area contributed by atoms with Crippen molar-refractivity contribution in [3.8, 4) is 0 Å². The van der Waals surface area contributed by atoms with Crippen LogP contribution in [0.1, 0.15) is 17.7 Å². The first kappa shape index (κ1) is 5.71. The van der Waals surface area contributed by atoms with Gasteiger partial charge < -0.3 is 4.98 Å². The van der Waals surface area contributed by atoms with E-state index in [2.05, 4.69) is 4.98 Å². The fourth-order valence-electron chi connectivity index (χ4n) is 1.40. The SMILES string of the molecule is O=C1CCc2[nH]ccc2C1. The highest BCUT2D eigenvalue weighted by atomic mass is 16.1. The molecule has 2 rings (SSSR count). The van der Waals surface area contributed by atoms with Crippen LogP contribution in [0, 0.1) is 0 Å². The van der Waals surface area contributed by atoms with Gasteiger partial charge in [0, 0.05) is 24.7 Å². The zero-order valence-electron chi connectivity index (χ0n) is 5.68. The number of fused-ring (bicyclic) bond motifs is 1. The number of aromatic amines is 1. The van der Waals surface area contributed by atoms with E-state index in [1.54, 1.807) is 0 Å². The fraction of sp³-hybridized carbons (Fsp3) is 0.375. The summed E-state index contributed by atoms with van der Waals surface area (Å²) >= 11 is 0. The fourth-order valence-corrected chi connectivity index (χ4v) is 1.40. The number of aromatic nitrogens is 1. The average Bonchev–Trinajstić information content (AvgIpc) is 2.33. The Bertz CT molecular complexity index is 262. The number of carbonyl (C=O) groups excluding carboxylic acids is 1. The van der Waals surface area contributed by atoms with Crippen molar-refractivity contribution in [2.24, 2.45) is 0 Å². The number of H-pyrrole nitrogens is 1. The summed E-state index contributed by atoms with van der Waals surface area (Å²) in [5.74, 6) is 0.368. The number of nitrogens with one attached hydrogen (secondary N) is 1. The van der Waals surface area contributed by atoms with Crippen LogP contribution in [0.2, 0.25) is 0 Å². The monoisotopic (exact) mass is 135 g/mol. The van der Waals surface area contributed by atoms with Crippen molar-refractivity contribution in [2.75, 3.05) is 0 Å². The van der Waals surface area contributed by atoms with E-state index < -0.39 is 0 Å². The van der Waals surface area contributed by atoms with Crippen molar-refractivity contribution < 1.29 is 4.79 Å². The number of carbonyl (C=O) groups is 1. The van der Waals surface area contributed by atoms with Gasteiger partial charge in [-0.25, -0.2) is 0 Å². The summed E-state index contributed by atoms with van der Waals surface area (Å²) in [6.07, 6.45) is 4.16. The van der Waals surface area contributed by atoms with Crippen molar-refractivity contribution >= 4 is 5.78 Å². The number of hydrogen-bond donors (Lipinski definition) is 1. The van der Waals surface area contributed by atoms with Gasteiger partial charge in [0.1, 0.15) is 5.78 Å². The molecule has 2 heteroatoms. The second-order valence-electron chi connectivity index (χ2n) is 2.70. The molecule has 1 heterocycles. The first-order chi connectivity index (χ1) is 4.86. The molecule has 0 fully saturated rings. The van der Waals surface area contributed by atoms with E-state index in [0.717, 1.165) is 6.42 Å². The van der Waals surface area contributed by atoms with Gasteiger partial charge in [0.15, 0.2) is 0 Å². The lowest BCUT2D eigenvalue weighted by Crippen LogP contribution is -2.11. The van der Waals surface area contributed by atoms with E-state index in [1.807, 2.05) is 12.3 Å². The largest absolute Gasteiger partial charge is 0.365 e. The topological polar surface area (TPSA) is 32.9 Å². The second-order valence-corrected chi connectivity index (χ2v) is 2.70. The Balaban J connectivity index is 2.39. The maximum absolute atomic E-state index is 10.9. The molecule has 0 amide bonds. The van der Waals surface area contributed by atoms with Crippen LogP contribution >= 0.6 is 0 Å². The van der Waals surface area contributed by atoms with E-state index in [1.165, 1.54) is 11.3 Å². The third kappa shape index (κ3) is 0.764. The van der Waals surface area contributed by atoms with Gasteiger partial charge in [-0.05, 0) is 18.1 Å². The minimum atomic E-state index is 0.368. The molecule has 0 spiro atoms. The zero-order chi connectivity index (χ0) is 6.97. The number of Topliss-reactive ketones (excluding diaryl/α,β-unsaturated/α-hetero) is 1. The maximum atomic E-state index is 10.9. The van der Waals surface area contributed by atoms with Gasteiger partial charge >= 0.3 is 0 Å². The molecule has 52 valence electrons. The Morgan fingerprint density at radius 2 is 2.30 bits per heavy atom. The lowest BCUT2D eigenvalue weighted by atomic mass is 9.97. The lowest BCUT2D eigenvalue weighted by molar-refractivity contribution is -0.118. The lowest BCUT2D eigenvalue weighted by Gasteiger charge is -2.08. The van der Waals surface area contributed by atoms with E-state index in [0.29, 0.717) is 18.6 Å². The molecule has 0 atom stereocenters. The summed E-state index contributed by atoms with van der Waals surface area (Å²) < 4.78 is 0. The van der Waals surface area contributed by atoms with Crippen LogP contribution in [-0.2, 0) is 17.6 Å². The Labute approximate surface area is 59.3 Å². The Morgan fingerprint density at radius 1 is 1.40 bits per heavy atom. The van der Waals surface area contributed by atoms with Crippen LogP contribution in [0.4, 0.5) is 0 Å². The van der Waals surface area contributed by atoms with Crippen LogP contribution in [0.3, 0.4) is 0 Å². The zero-order valence-corrected chi connectivity index (χ0v) is 5.68. The highest BCUT2D eigenvalue weighted by molar-refractivity contribution is 5.82. The Kier molecular flexibility index (Phi) is 1.13. The molecule has 0 saturated heterocycles. The highest BCUT2D eigenvalue weighted by Gasteiger charge is 2.14. The first-order valence-corrected chi connectivity index (χ1v) is 3.53. The summed E-state index contributed by atoms with van der Waals surface area (Å²) in [7, 11) is 0. The van der Waals surface area contributed by atoms with Crippen molar-refractivity contribution in [1.82, 2.24) is 4.98 Å². The summed E-state index contributed by atoms with van der Waals surface area (Å²) in [5, 5.41) is 0. The normalized spacial score (nSPS) is 17.0. The second kappa shape index (κ2) is 1.97. The van der Waals surface area contributed by atoms with Gasteiger partial charge in [-0.1, -0.05) is 0 Å². The predicted octanol–water partition coefficient (Wildman–Crippen LogP) is 1.07. The Morgan fingerprint density at radius 3 is 3.20 bits per heavy atom. The van der Waals surface area contributed by atoms with Crippen LogP contribution < -0.4 is 0 Å². The van der Waals surface area contributed by atoms with Gasteiger partial charge in [-0.15, -0.1) is 0 Å². The van der Waals surface area contributed by atoms with Crippen molar-refractivity contribution in [2.45, 2.75) is 19.3 Å². The molecule has 1 aromatic heterocycles. The predicted molar refractivity (Wildman–Crippen MR) is 37.8 cm³/mol. The van der Waals surface area contributed by atoms with Gasteiger partial charge in [0.2, 0.25) is 0 Å². The number of aryl methyl sites for hydroxylation is 1. The molecule has 2 nitrogen and oxygen atoms in total. The molecular weight excluding hydrogens is 126 g/mol. The minimum absolute atomic E-state index is 0.368. The van der Waals surface area contributed by atoms with Gasteiger partial charge in [0.05, 0.1) is 0 Å². The molecule has 0 bridgehead atoms. The molecular formula is C8H9NO. The minimum Gasteiger partial charge on any atom is -0.365 e. The van der Waals surface area contributed by atoms with E-state index in [4.69, 9.17) is 0 Å². The van der Waals surface area contributed by atoms with Gasteiger partial charge in [0.25, 0.3) is 0 Å². The Hall–Kier alpha value is -1.05. The third-order valence-corrected chi connectivity index (χ3v) is 1.97. The highest BCUT2D eigenvalue weighted by Crippen LogP contribution is 2.16. The standard InChI is InChI=1S/C8H9NO/c10-7-1-2-8-6(5-7)3-4-9-8/h3-4,9H,1-2,5H2. The van der Waals surface area contributed by atoms with Crippen LogP contribution in [0.5, 0.6) is 0 Å². The number of hydrogen-bond acceptors (Lipinski definition) is 1. The smallest absolute Gasteiger partial charge is 0.137 e. The van der Waals surface area contributed by atoms with Crippen molar-refractivity contribution in [1.29, 1.82) is 0 Å². The van der Waals surface area contributed by atoms with E-state index in [-0.39, 0.29) is 0 Å². The van der Waals surface area contributed by atoms with E-state index >= 15 is 0 Å². The molecule has 0 aliphatic heterocycles. The molecule has 1 aliphatic rings. The summed E-state index contributed by atoms with van der Waals surface area (Å²) in [6, 6.07) is 1.99. The van der Waals surface area contributed by atoms with E-state index in [9.17, 15) is 4.79 Å². The molecule has 1 aromatic rings. The molecule has 0 saturated carbocycles. The summed E-state index contributed by atoms with van der Waals surface area (Å²) in [5.41, 5.74) is 2.44. The summed E-state index contributed by atoms with van der Waals surface area (Å²) in [4.78, 5) is 14.0. The molecule has 0 aromatic carbocycles. The summed E-state index contributed by atoms with van der Waals surface area (Å²) in [6.45, 7) is 0. The number of ketones is 1. The molecule has 10 heavy (non-hydrogen) atoms. The first-order valence-electron chi connectivity index (χ1n) is 3.53. The van der Waals surface area contributed by atoms with Crippen LogP contribution in [-0.4, -0.2) is 10.8 Å². The average molecular weight is 135 g/mol. The third-order valence-electron chi connectivity index (χ3n) is 1.97. The van der Waals surface area contributed by atoms with Gasteiger partial charge in [-0.3, -0.25) is 4.79 Å². The van der Waals surface area contributed by atoms with Crippen molar-refractivity contribution in [3.63, 3.8) is 0 Å².